The first kappa shape index (κ1) is 19.9. The van der Waals surface area contributed by atoms with Crippen LogP contribution in [0.2, 0.25) is 5.02 Å². The minimum absolute atomic E-state index is 0.00901. The predicted molar refractivity (Wildman–Crippen MR) is 108 cm³/mol. The van der Waals surface area contributed by atoms with Gasteiger partial charge in [0.25, 0.3) is 11.8 Å². The molecular formula is C21H17ClN2O6. The molecule has 0 spiro atoms. The molecule has 8 nitrogen and oxygen atoms in total. The van der Waals surface area contributed by atoms with Gasteiger partial charge >= 0.3 is 0 Å². The van der Waals surface area contributed by atoms with Gasteiger partial charge in [0.15, 0.2) is 17.3 Å². The SMILES string of the molecule is O=C(c1cccc(Cl)c1)c1cc2c(cc1NC1=CC(=O)N(CCO)C1=O)OCCO2. The molecule has 2 N–H and O–H groups in total. The molecule has 154 valence electrons. The summed E-state index contributed by atoms with van der Waals surface area (Å²) in [6.45, 7) is 0.229. The number of carbonyl (C=O) groups is 3. The van der Waals surface area contributed by atoms with E-state index < -0.39 is 11.8 Å². The molecule has 9 heteroatoms. The Labute approximate surface area is 176 Å². The van der Waals surface area contributed by atoms with Gasteiger partial charge in [-0.25, -0.2) is 0 Å². The molecule has 0 saturated carbocycles. The monoisotopic (exact) mass is 428 g/mol. The molecular weight excluding hydrogens is 412 g/mol. The zero-order valence-corrected chi connectivity index (χ0v) is 16.4. The van der Waals surface area contributed by atoms with Crippen molar-refractivity contribution in [2.75, 3.05) is 31.7 Å². The van der Waals surface area contributed by atoms with E-state index in [-0.39, 0.29) is 35.9 Å². The van der Waals surface area contributed by atoms with Crippen LogP contribution in [0.15, 0.2) is 48.2 Å². The quantitative estimate of drug-likeness (QED) is 0.535. The molecule has 0 saturated heterocycles. The Bertz CT molecular complexity index is 1080. The molecule has 0 unspecified atom stereocenters. The van der Waals surface area contributed by atoms with Crippen LogP contribution in [0, 0.1) is 0 Å². The standard InChI is InChI=1S/C21H17ClN2O6/c22-13-3-1-2-12(8-13)20(27)14-9-17-18(30-7-6-29-17)10-15(14)23-16-11-19(26)24(4-5-25)21(16)28/h1-3,8-11,23,25H,4-7H2. The van der Waals surface area contributed by atoms with Crippen LogP contribution in [-0.4, -0.2) is 54.0 Å². The van der Waals surface area contributed by atoms with Gasteiger partial charge in [-0.05, 0) is 18.2 Å². The number of fused-ring (bicyclic) bond motifs is 1. The lowest BCUT2D eigenvalue weighted by atomic mass is 10.0. The summed E-state index contributed by atoms with van der Waals surface area (Å²) >= 11 is 6.02. The molecule has 2 amide bonds. The third kappa shape index (κ3) is 3.74. The molecule has 0 aromatic heterocycles. The van der Waals surface area contributed by atoms with E-state index in [4.69, 9.17) is 26.2 Å². The van der Waals surface area contributed by atoms with Gasteiger partial charge < -0.3 is 19.9 Å². The Morgan fingerprint density at radius 3 is 2.57 bits per heavy atom. The van der Waals surface area contributed by atoms with Crippen molar-refractivity contribution in [1.29, 1.82) is 0 Å². The zero-order chi connectivity index (χ0) is 21.3. The molecule has 2 heterocycles. The van der Waals surface area contributed by atoms with E-state index in [1.165, 1.54) is 12.1 Å². The summed E-state index contributed by atoms with van der Waals surface area (Å²) < 4.78 is 11.2. The molecule has 0 fully saturated rings. The highest BCUT2D eigenvalue weighted by atomic mass is 35.5. The maximum atomic E-state index is 13.2. The van der Waals surface area contributed by atoms with Gasteiger partial charge in [-0.2, -0.15) is 0 Å². The van der Waals surface area contributed by atoms with Crippen molar-refractivity contribution < 1.29 is 29.0 Å². The first-order valence-corrected chi connectivity index (χ1v) is 9.55. The number of imide groups is 1. The van der Waals surface area contributed by atoms with Gasteiger partial charge in [-0.15, -0.1) is 0 Å². The number of hydrogen-bond donors (Lipinski definition) is 2. The van der Waals surface area contributed by atoms with Crippen molar-refractivity contribution in [3.63, 3.8) is 0 Å². The number of aliphatic hydroxyl groups excluding tert-OH is 1. The van der Waals surface area contributed by atoms with E-state index in [0.717, 1.165) is 11.0 Å². The second kappa shape index (κ2) is 8.17. The summed E-state index contributed by atoms with van der Waals surface area (Å²) in [5.41, 5.74) is 0.850. The normalized spacial score (nSPS) is 15.3. The Morgan fingerprint density at radius 2 is 1.87 bits per heavy atom. The summed E-state index contributed by atoms with van der Waals surface area (Å²) in [4.78, 5) is 38.6. The Hall–Kier alpha value is -3.36. The number of hydrogen-bond acceptors (Lipinski definition) is 7. The van der Waals surface area contributed by atoms with E-state index >= 15 is 0 Å². The first-order valence-electron chi connectivity index (χ1n) is 9.17. The predicted octanol–water partition coefficient (Wildman–Crippen LogP) is 2.00. The van der Waals surface area contributed by atoms with Gasteiger partial charge in [0.1, 0.15) is 18.9 Å². The Balaban J connectivity index is 1.73. The molecule has 2 aromatic carbocycles. The van der Waals surface area contributed by atoms with Crippen molar-refractivity contribution in [3.8, 4) is 11.5 Å². The van der Waals surface area contributed by atoms with E-state index in [9.17, 15) is 14.4 Å². The topological polar surface area (TPSA) is 105 Å². The summed E-state index contributed by atoms with van der Waals surface area (Å²) in [6, 6.07) is 9.57. The highest BCUT2D eigenvalue weighted by Crippen LogP contribution is 2.37. The number of β-amino-alcohol motifs (C(OH)–C–C–N with tert-alkyl or cyclic N) is 1. The third-order valence-electron chi connectivity index (χ3n) is 4.62. The van der Waals surface area contributed by atoms with Crippen LogP contribution >= 0.6 is 11.6 Å². The van der Waals surface area contributed by atoms with Gasteiger partial charge in [-0.1, -0.05) is 23.7 Å². The lowest BCUT2D eigenvalue weighted by Crippen LogP contribution is -2.34. The number of amides is 2. The Morgan fingerprint density at radius 1 is 1.13 bits per heavy atom. The highest BCUT2D eigenvalue weighted by Gasteiger charge is 2.32. The average molecular weight is 429 g/mol. The summed E-state index contributed by atoms with van der Waals surface area (Å²) in [5.74, 6) is -0.665. The number of rotatable bonds is 6. The maximum Gasteiger partial charge on any atom is 0.277 e. The molecule has 30 heavy (non-hydrogen) atoms. The van der Waals surface area contributed by atoms with Gasteiger partial charge in [0.05, 0.1) is 18.8 Å². The third-order valence-corrected chi connectivity index (χ3v) is 4.85. The van der Waals surface area contributed by atoms with Crippen molar-refractivity contribution >= 4 is 34.9 Å². The number of anilines is 1. The number of nitrogens with zero attached hydrogens (tertiary/aromatic N) is 1. The minimum Gasteiger partial charge on any atom is -0.486 e. The number of benzene rings is 2. The fourth-order valence-corrected chi connectivity index (χ4v) is 3.41. The van der Waals surface area contributed by atoms with Crippen LogP contribution in [0.25, 0.3) is 0 Å². The van der Waals surface area contributed by atoms with E-state index in [1.807, 2.05) is 0 Å². The van der Waals surface area contributed by atoms with E-state index in [1.54, 1.807) is 24.3 Å². The molecule has 2 aliphatic rings. The molecule has 0 bridgehead atoms. The maximum absolute atomic E-state index is 13.2. The van der Waals surface area contributed by atoms with Crippen molar-refractivity contribution in [3.05, 3.63) is 64.3 Å². The number of ketones is 1. The van der Waals surface area contributed by atoms with Crippen LogP contribution in [0.3, 0.4) is 0 Å². The summed E-state index contributed by atoms with van der Waals surface area (Å²) in [6.07, 6.45) is 1.13. The lowest BCUT2D eigenvalue weighted by Gasteiger charge is -2.22. The molecule has 2 aromatic rings. The molecule has 4 rings (SSSR count). The first-order chi connectivity index (χ1) is 14.5. The van der Waals surface area contributed by atoms with Crippen LogP contribution in [0.4, 0.5) is 5.69 Å². The lowest BCUT2D eigenvalue weighted by molar-refractivity contribution is -0.137. The number of nitrogens with one attached hydrogen (secondary N) is 1. The number of halogens is 1. The van der Waals surface area contributed by atoms with Crippen LogP contribution in [0.1, 0.15) is 15.9 Å². The molecule has 0 atom stereocenters. The van der Waals surface area contributed by atoms with Crippen molar-refractivity contribution in [1.82, 2.24) is 4.90 Å². The zero-order valence-electron chi connectivity index (χ0n) is 15.7. The van der Waals surface area contributed by atoms with Crippen LogP contribution in [0.5, 0.6) is 11.5 Å². The molecule has 2 aliphatic heterocycles. The fourth-order valence-electron chi connectivity index (χ4n) is 3.22. The number of carbonyl (C=O) groups excluding carboxylic acids is 3. The van der Waals surface area contributed by atoms with Gasteiger partial charge in [0, 0.05) is 28.3 Å². The summed E-state index contributed by atoms with van der Waals surface area (Å²) in [7, 11) is 0. The fraction of sp³-hybridized carbons (Fsp3) is 0.190. The van der Waals surface area contributed by atoms with E-state index in [2.05, 4.69) is 5.32 Å². The second-order valence-electron chi connectivity index (χ2n) is 6.58. The second-order valence-corrected chi connectivity index (χ2v) is 7.02. The van der Waals surface area contributed by atoms with Crippen LogP contribution in [-0.2, 0) is 9.59 Å². The minimum atomic E-state index is -0.593. The molecule has 0 aliphatic carbocycles. The van der Waals surface area contributed by atoms with E-state index in [0.29, 0.717) is 35.3 Å². The number of ether oxygens (including phenoxy) is 2. The highest BCUT2D eigenvalue weighted by molar-refractivity contribution is 6.31. The smallest absolute Gasteiger partial charge is 0.277 e. The number of aliphatic hydroxyl groups is 1. The Kier molecular flexibility index (Phi) is 5.43. The summed E-state index contributed by atoms with van der Waals surface area (Å²) in [5, 5.41) is 12.3. The average Bonchev–Trinajstić information content (AvgIpc) is 3.00. The van der Waals surface area contributed by atoms with Gasteiger partial charge in [0.2, 0.25) is 0 Å². The van der Waals surface area contributed by atoms with Crippen molar-refractivity contribution in [2.24, 2.45) is 0 Å². The van der Waals surface area contributed by atoms with Crippen molar-refractivity contribution in [2.45, 2.75) is 0 Å². The van der Waals surface area contributed by atoms with Gasteiger partial charge in [-0.3, -0.25) is 19.3 Å². The largest absolute Gasteiger partial charge is 0.486 e. The molecule has 0 radical (unpaired) electrons. The van der Waals surface area contributed by atoms with Crippen LogP contribution < -0.4 is 14.8 Å².